The number of hydrogen-bond acceptors (Lipinski definition) is 4. The number of pyridine rings is 1. The number of amides is 1. The second kappa shape index (κ2) is 5.01. The molecule has 0 aliphatic heterocycles. The highest BCUT2D eigenvalue weighted by atomic mass is 35.5. The van der Waals surface area contributed by atoms with Gasteiger partial charge >= 0.3 is 0 Å². The summed E-state index contributed by atoms with van der Waals surface area (Å²) in [5.74, 6) is -3.45. The van der Waals surface area contributed by atoms with Crippen LogP contribution in [0.3, 0.4) is 0 Å². The fourth-order valence-electron chi connectivity index (χ4n) is 1.18. The molecule has 18 heavy (non-hydrogen) atoms. The SMILES string of the molecule is O=C(Nc1cc(Cl)ncn1)c1ccnc(F)c1F. The summed E-state index contributed by atoms with van der Waals surface area (Å²) in [7, 11) is 0. The monoisotopic (exact) mass is 270 g/mol. The summed E-state index contributed by atoms with van der Waals surface area (Å²) in [5, 5.41) is 2.37. The van der Waals surface area contributed by atoms with Crippen LogP contribution in [0.15, 0.2) is 24.7 Å². The van der Waals surface area contributed by atoms with E-state index in [1.165, 1.54) is 6.07 Å². The van der Waals surface area contributed by atoms with Gasteiger partial charge in [-0.25, -0.2) is 19.3 Å². The lowest BCUT2D eigenvalue weighted by Gasteiger charge is -2.05. The number of carbonyl (C=O) groups is 1. The van der Waals surface area contributed by atoms with Crippen LogP contribution in [0.25, 0.3) is 0 Å². The summed E-state index contributed by atoms with van der Waals surface area (Å²) >= 11 is 5.58. The average molecular weight is 271 g/mol. The molecular formula is C10H5ClF2N4O. The Labute approximate surface area is 105 Å². The summed E-state index contributed by atoms with van der Waals surface area (Å²) < 4.78 is 26.1. The van der Waals surface area contributed by atoms with E-state index in [1.54, 1.807) is 0 Å². The first kappa shape index (κ1) is 12.3. The van der Waals surface area contributed by atoms with Crippen molar-refractivity contribution in [2.45, 2.75) is 0 Å². The van der Waals surface area contributed by atoms with Gasteiger partial charge in [0.25, 0.3) is 5.91 Å². The molecule has 92 valence electrons. The Hall–Kier alpha value is -2.15. The Morgan fingerprint density at radius 3 is 2.78 bits per heavy atom. The Morgan fingerprint density at radius 2 is 2.06 bits per heavy atom. The van der Waals surface area contributed by atoms with Gasteiger partial charge in [0.1, 0.15) is 17.3 Å². The van der Waals surface area contributed by atoms with Crippen molar-refractivity contribution in [3.05, 3.63) is 47.1 Å². The summed E-state index contributed by atoms with van der Waals surface area (Å²) in [5.41, 5.74) is -0.475. The molecule has 1 N–H and O–H groups in total. The Balaban J connectivity index is 2.25. The molecule has 0 fully saturated rings. The predicted molar refractivity (Wildman–Crippen MR) is 59.1 cm³/mol. The topological polar surface area (TPSA) is 67.8 Å². The zero-order valence-corrected chi connectivity index (χ0v) is 9.45. The first-order chi connectivity index (χ1) is 8.58. The molecule has 2 aromatic heterocycles. The van der Waals surface area contributed by atoms with E-state index < -0.39 is 23.2 Å². The third kappa shape index (κ3) is 2.57. The highest BCUT2D eigenvalue weighted by Crippen LogP contribution is 2.13. The molecule has 0 saturated carbocycles. The largest absolute Gasteiger partial charge is 0.306 e. The maximum absolute atomic E-state index is 13.3. The molecule has 2 heterocycles. The van der Waals surface area contributed by atoms with Crippen LogP contribution in [0, 0.1) is 11.8 Å². The predicted octanol–water partition coefficient (Wildman–Crippen LogP) is 2.06. The third-order valence-corrected chi connectivity index (χ3v) is 2.17. The molecule has 0 aromatic carbocycles. The minimum atomic E-state index is -1.34. The molecule has 0 spiro atoms. The van der Waals surface area contributed by atoms with Crippen molar-refractivity contribution in [2.75, 3.05) is 5.32 Å². The number of halogens is 3. The van der Waals surface area contributed by atoms with E-state index in [4.69, 9.17) is 11.6 Å². The Kier molecular flexibility index (Phi) is 3.42. The Morgan fingerprint density at radius 1 is 1.28 bits per heavy atom. The van der Waals surface area contributed by atoms with Crippen molar-refractivity contribution >= 4 is 23.3 Å². The van der Waals surface area contributed by atoms with Gasteiger partial charge in [-0.1, -0.05) is 11.6 Å². The summed E-state index contributed by atoms with van der Waals surface area (Å²) in [4.78, 5) is 22.0. The lowest BCUT2D eigenvalue weighted by atomic mass is 10.2. The molecule has 0 aliphatic rings. The van der Waals surface area contributed by atoms with E-state index in [1.807, 2.05) is 0 Å². The molecule has 0 bridgehead atoms. The third-order valence-electron chi connectivity index (χ3n) is 1.97. The number of nitrogens with one attached hydrogen (secondary N) is 1. The summed E-state index contributed by atoms with van der Waals surface area (Å²) in [6.07, 6.45) is 2.11. The highest BCUT2D eigenvalue weighted by molar-refractivity contribution is 6.29. The van der Waals surface area contributed by atoms with E-state index >= 15 is 0 Å². The lowest BCUT2D eigenvalue weighted by Crippen LogP contribution is -2.16. The van der Waals surface area contributed by atoms with E-state index in [2.05, 4.69) is 20.3 Å². The van der Waals surface area contributed by atoms with E-state index in [-0.39, 0.29) is 11.0 Å². The van der Waals surface area contributed by atoms with Crippen LogP contribution in [0.1, 0.15) is 10.4 Å². The zero-order valence-electron chi connectivity index (χ0n) is 8.69. The number of aromatic nitrogens is 3. The fourth-order valence-corrected chi connectivity index (χ4v) is 1.33. The van der Waals surface area contributed by atoms with Crippen LogP contribution in [-0.4, -0.2) is 20.9 Å². The van der Waals surface area contributed by atoms with Crippen molar-refractivity contribution in [2.24, 2.45) is 0 Å². The first-order valence-electron chi connectivity index (χ1n) is 4.67. The second-order valence-electron chi connectivity index (χ2n) is 3.14. The van der Waals surface area contributed by atoms with Gasteiger partial charge in [-0.2, -0.15) is 4.39 Å². The van der Waals surface area contributed by atoms with Gasteiger partial charge in [0.2, 0.25) is 5.95 Å². The average Bonchev–Trinajstić information content (AvgIpc) is 2.32. The van der Waals surface area contributed by atoms with E-state index in [0.717, 1.165) is 18.6 Å². The molecule has 2 rings (SSSR count). The molecule has 0 aliphatic carbocycles. The smallest absolute Gasteiger partial charge is 0.260 e. The molecule has 0 atom stereocenters. The van der Waals surface area contributed by atoms with Gasteiger partial charge in [0.05, 0.1) is 5.56 Å². The lowest BCUT2D eigenvalue weighted by molar-refractivity contribution is 0.102. The van der Waals surface area contributed by atoms with Crippen LogP contribution >= 0.6 is 11.6 Å². The standard InChI is InChI=1S/C10H5ClF2N4O/c11-6-3-7(16-4-15-6)17-10(18)5-1-2-14-9(13)8(5)12/h1-4H,(H,15,16,17,18). The van der Waals surface area contributed by atoms with Crippen LogP contribution in [0.2, 0.25) is 5.15 Å². The van der Waals surface area contributed by atoms with Crippen molar-refractivity contribution in [3.8, 4) is 0 Å². The van der Waals surface area contributed by atoms with Gasteiger partial charge in [-0.05, 0) is 6.07 Å². The maximum atomic E-state index is 13.3. The van der Waals surface area contributed by atoms with Gasteiger partial charge in [-0.15, -0.1) is 0 Å². The molecule has 1 amide bonds. The fraction of sp³-hybridized carbons (Fsp3) is 0. The molecule has 0 saturated heterocycles. The van der Waals surface area contributed by atoms with Gasteiger partial charge < -0.3 is 5.32 Å². The van der Waals surface area contributed by atoms with Crippen LogP contribution in [0.4, 0.5) is 14.6 Å². The highest BCUT2D eigenvalue weighted by Gasteiger charge is 2.16. The van der Waals surface area contributed by atoms with Crippen molar-refractivity contribution in [1.29, 1.82) is 0 Å². The van der Waals surface area contributed by atoms with Crippen molar-refractivity contribution in [1.82, 2.24) is 15.0 Å². The second-order valence-corrected chi connectivity index (χ2v) is 3.53. The maximum Gasteiger partial charge on any atom is 0.260 e. The van der Waals surface area contributed by atoms with Crippen molar-refractivity contribution in [3.63, 3.8) is 0 Å². The summed E-state index contributed by atoms with van der Waals surface area (Å²) in [6.45, 7) is 0. The molecule has 0 radical (unpaired) electrons. The first-order valence-corrected chi connectivity index (χ1v) is 5.04. The molecule has 2 aromatic rings. The summed E-state index contributed by atoms with van der Waals surface area (Å²) in [6, 6.07) is 2.32. The number of anilines is 1. The van der Waals surface area contributed by atoms with E-state index in [9.17, 15) is 13.6 Å². The molecule has 0 unspecified atom stereocenters. The van der Waals surface area contributed by atoms with Crippen LogP contribution in [-0.2, 0) is 0 Å². The van der Waals surface area contributed by atoms with Gasteiger partial charge in [-0.3, -0.25) is 4.79 Å². The van der Waals surface area contributed by atoms with Crippen LogP contribution in [0.5, 0.6) is 0 Å². The van der Waals surface area contributed by atoms with Crippen LogP contribution < -0.4 is 5.32 Å². The van der Waals surface area contributed by atoms with Gasteiger partial charge in [0.15, 0.2) is 5.82 Å². The molecule has 8 heteroatoms. The van der Waals surface area contributed by atoms with Crippen molar-refractivity contribution < 1.29 is 13.6 Å². The van der Waals surface area contributed by atoms with E-state index in [0.29, 0.717) is 0 Å². The minimum Gasteiger partial charge on any atom is -0.306 e. The van der Waals surface area contributed by atoms with Gasteiger partial charge in [0, 0.05) is 12.3 Å². The normalized spacial score (nSPS) is 10.2. The quantitative estimate of drug-likeness (QED) is 0.670. The number of hydrogen-bond donors (Lipinski definition) is 1. The Bertz CT molecular complexity index is 608. The molecular weight excluding hydrogens is 266 g/mol. The number of nitrogens with zero attached hydrogens (tertiary/aromatic N) is 3. The number of carbonyl (C=O) groups excluding carboxylic acids is 1. The molecule has 5 nitrogen and oxygen atoms in total. The number of rotatable bonds is 2. The minimum absolute atomic E-state index is 0.0802. The zero-order chi connectivity index (χ0) is 13.1.